The van der Waals surface area contributed by atoms with Gasteiger partial charge in [0.15, 0.2) is 0 Å². The Kier molecular flexibility index (Phi) is 5.03. The van der Waals surface area contributed by atoms with Gasteiger partial charge in [-0.1, -0.05) is 6.07 Å². The summed E-state index contributed by atoms with van der Waals surface area (Å²) in [5, 5.41) is 12.6. The first-order chi connectivity index (χ1) is 10.1. The van der Waals surface area contributed by atoms with Crippen LogP contribution in [-0.4, -0.2) is 43.0 Å². The Morgan fingerprint density at radius 3 is 2.81 bits per heavy atom. The summed E-state index contributed by atoms with van der Waals surface area (Å²) in [5.74, 6) is 0.127. The molecule has 1 aliphatic rings. The minimum atomic E-state index is -0.652. The number of carbonyl (C=O) groups excluding carboxylic acids is 1. The van der Waals surface area contributed by atoms with Crippen LogP contribution in [0.25, 0.3) is 0 Å². The van der Waals surface area contributed by atoms with Crippen LogP contribution in [0.1, 0.15) is 30.1 Å². The molecule has 0 spiro atoms. The molecule has 0 unspecified atom stereocenters. The molecule has 4 N–H and O–H groups in total. The Morgan fingerprint density at radius 2 is 2.19 bits per heavy atom. The molecule has 2 rings (SSSR count). The highest BCUT2D eigenvalue weighted by Crippen LogP contribution is 2.27. The number of amides is 1. The van der Waals surface area contributed by atoms with Gasteiger partial charge in [-0.2, -0.15) is 0 Å². The van der Waals surface area contributed by atoms with E-state index in [0.717, 1.165) is 0 Å². The van der Waals surface area contributed by atoms with Crippen LogP contribution in [0, 0.1) is 0 Å². The molecule has 1 heterocycles. The third-order valence-electron chi connectivity index (χ3n) is 3.72. The Morgan fingerprint density at radius 1 is 1.48 bits per heavy atom. The number of rotatable bonds is 5. The van der Waals surface area contributed by atoms with Gasteiger partial charge >= 0.3 is 0 Å². The topological polar surface area (TPSA) is 93.8 Å². The second-order valence-electron chi connectivity index (χ2n) is 5.16. The summed E-state index contributed by atoms with van der Waals surface area (Å²) in [5.41, 5.74) is 5.94. The first kappa shape index (κ1) is 15.6. The smallest absolute Gasteiger partial charge is 0.257 e. The van der Waals surface area contributed by atoms with Crippen LogP contribution in [0.3, 0.4) is 0 Å². The van der Waals surface area contributed by atoms with Crippen molar-refractivity contribution >= 4 is 11.6 Å². The van der Waals surface area contributed by atoms with Crippen molar-refractivity contribution in [2.24, 2.45) is 0 Å². The largest absolute Gasteiger partial charge is 0.493 e. The average Bonchev–Trinajstić information content (AvgIpc) is 2.48. The maximum atomic E-state index is 12.6. The highest BCUT2D eigenvalue weighted by atomic mass is 16.5. The fourth-order valence-electron chi connectivity index (χ4n) is 2.45. The van der Waals surface area contributed by atoms with E-state index >= 15 is 0 Å². The minimum absolute atomic E-state index is 0.126. The standard InChI is InChI=1S/C15H22N2O4/c1-2-21-12-5-3-4-11(16)13(12)14(19)17-15(10-18)6-8-20-9-7-15/h3-5,18H,2,6-10,16H2,1H3,(H,17,19). The number of aliphatic hydroxyl groups excluding tert-OH is 1. The average molecular weight is 294 g/mol. The Labute approximate surface area is 124 Å². The van der Waals surface area contributed by atoms with Gasteiger partial charge in [0.25, 0.3) is 5.91 Å². The van der Waals surface area contributed by atoms with Crippen molar-refractivity contribution < 1.29 is 19.4 Å². The first-order valence-electron chi connectivity index (χ1n) is 7.14. The van der Waals surface area contributed by atoms with E-state index in [4.69, 9.17) is 15.2 Å². The van der Waals surface area contributed by atoms with Gasteiger partial charge in [-0.3, -0.25) is 4.79 Å². The SMILES string of the molecule is CCOc1cccc(N)c1C(=O)NC1(CO)CCOCC1. The van der Waals surface area contributed by atoms with Crippen molar-refractivity contribution in [1.29, 1.82) is 0 Å². The van der Waals surface area contributed by atoms with Gasteiger partial charge < -0.3 is 25.6 Å². The lowest BCUT2D eigenvalue weighted by Gasteiger charge is -2.36. The van der Waals surface area contributed by atoms with E-state index in [1.54, 1.807) is 18.2 Å². The molecule has 0 atom stereocenters. The maximum Gasteiger partial charge on any atom is 0.257 e. The molecule has 1 amide bonds. The minimum Gasteiger partial charge on any atom is -0.493 e. The van der Waals surface area contributed by atoms with Gasteiger partial charge in [0.05, 0.1) is 18.8 Å². The zero-order valence-electron chi connectivity index (χ0n) is 12.2. The van der Waals surface area contributed by atoms with Crippen LogP contribution in [-0.2, 0) is 4.74 Å². The molecule has 1 fully saturated rings. The van der Waals surface area contributed by atoms with E-state index in [2.05, 4.69) is 5.32 Å². The van der Waals surface area contributed by atoms with Gasteiger partial charge in [-0.15, -0.1) is 0 Å². The van der Waals surface area contributed by atoms with Crippen LogP contribution in [0.15, 0.2) is 18.2 Å². The second-order valence-corrected chi connectivity index (χ2v) is 5.16. The zero-order chi connectivity index (χ0) is 15.3. The van der Waals surface area contributed by atoms with E-state index in [1.165, 1.54) is 0 Å². The number of nitrogen functional groups attached to an aromatic ring is 1. The molecule has 0 aliphatic carbocycles. The lowest BCUT2D eigenvalue weighted by Crippen LogP contribution is -2.54. The predicted molar refractivity (Wildman–Crippen MR) is 79.4 cm³/mol. The molecular weight excluding hydrogens is 272 g/mol. The van der Waals surface area contributed by atoms with Crippen LogP contribution < -0.4 is 15.8 Å². The van der Waals surface area contributed by atoms with Crippen LogP contribution >= 0.6 is 0 Å². The van der Waals surface area contributed by atoms with Gasteiger partial charge in [-0.25, -0.2) is 0 Å². The fourth-order valence-corrected chi connectivity index (χ4v) is 2.45. The van der Waals surface area contributed by atoms with E-state index in [9.17, 15) is 9.90 Å². The number of hydrogen-bond acceptors (Lipinski definition) is 5. The number of nitrogens with two attached hydrogens (primary N) is 1. The summed E-state index contributed by atoms with van der Waals surface area (Å²) in [6.07, 6.45) is 1.15. The molecule has 0 aromatic heterocycles. The maximum absolute atomic E-state index is 12.6. The number of hydrogen-bond donors (Lipinski definition) is 3. The summed E-state index contributed by atoms with van der Waals surface area (Å²) in [7, 11) is 0. The van der Waals surface area contributed by atoms with Crippen molar-refractivity contribution in [2.75, 3.05) is 32.2 Å². The van der Waals surface area contributed by atoms with E-state index in [1.807, 2.05) is 6.92 Å². The molecule has 1 saturated heterocycles. The van der Waals surface area contributed by atoms with Gasteiger partial charge in [0.2, 0.25) is 0 Å². The van der Waals surface area contributed by atoms with Crippen molar-refractivity contribution in [1.82, 2.24) is 5.32 Å². The third-order valence-corrected chi connectivity index (χ3v) is 3.72. The third kappa shape index (κ3) is 3.46. The Balaban J connectivity index is 2.23. The van der Waals surface area contributed by atoms with E-state index in [0.29, 0.717) is 49.7 Å². The molecule has 1 aromatic rings. The lowest BCUT2D eigenvalue weighted by molar-refractivity contribution is 0.0125. The molecule has 0 saturated carbocycles. The number of nitrogens with one attached hydrogen (secondary N) is 1. The van der Waals surface area contributed by atoms with Gasteiger partial charge in [0, 0.05) is 18.9 Å². The number of ether oxygens (including phenoxy) is 2. The van der Waals surface area contributed by atoms with Crippen molar-refractivity contribution in [3.8, 4) is 5.75 Å². The summed E-state index contributed by atoms with van der Waals surface area (Å²) in [6.45, 7) is 3.20. The predicted octanol–water partition coefficient (Wildman–Crippen LogP) is 0.939. The summed E-state index contributed by atoms with van der Waals surface area (Å²) in [4.78, 5) is 12.6. The van der Waals surface area contributed by atoms with Crippen molar-refractivity contribution in [2.45, 2.75) is 25.3 Å². The normalized spacial score (nSPS) is 17.2. The number of carbonyl (C=O) groups is 1. The fraction of sp³-hybridized carbons (Fsp3) is 0.533. The quantitative estimate of drug-likeness (QED) is 0.703. The molecule has 6 nitrogen and oxygen atoms in total. The summed E-state index contributed by atoms with van der Waals surface area (Å²) < 4.78 is 10.8. The molecule has 0 radical (unpaired) electrons. The Hall–Kier alpha value is -1.79. The number of anilines is 1. The molecule has 1 aromatic carbocycles. The summed E-state index contributed by atoms with van der Waals surface area (Å²) in [6, 6.07) is 5.12. The summed E-state index contributed by atoms with van der Waals surface area (Å²) >= 11 is 0. The van der Waals surface area contributed by atoms with Crippen LogP contribution in [0.4, 0.5) is 5.69 Å². The second kappa shape index (κ2) is 6.78. The van der Waals surface area contributed by atoms with Crippen LogP contribution in [0.5, 0.6) is 5.75 Å². The monoisotopic (exact) mass is 294 g/mol. The lowest BCUT2D eigenvalue weighted by atomic mass is 9.90. The number of benzene rings is 1. The molecule has 116 valence electrons. The molecule has 0 bridgehead atoms. The van der Waals surface area contributed by atoms with Gasteiger partial charge in [-0.05, 0) is 31.9 Å². The molecule has 6 heteroatoms. The highest BCUT2D eigenvalue weighted by molar-refractivity contribution is 6.02. The van der Waals surface area contributed by atoms with Crippen LogP contribution in [0.2, 0.25) is 0 Å². The van der Waals surface area contributed by atoms with E-state index < -0.39 is 5.54 Å². The molecule has 1 aliphatic heterocycles. The number of aliphatic hydroxyl groups is 1. The first-order valence-corrected chi connectivity index (χ1v) is 7.14. The molecule has 21 heavy (non-hydrogen) atoms. The van der Waals surface area contributed by atoms with Gasteiger partial charge in [0.1, 0.15) is 11.3 Å². The molecular formula is C15H22N2O4. The zero-order valence-corrected chi connectivity index (χ0v) is 12.2. The Bertz CT molecular complexity index is 498. The van der Waals surface area contributed by atoms with Crippen molar-refractivity contribution in [3.63, 3.8) is 0 Å². The highest BCUT2D eigenvalue weighted by Gasteiger charge is 2.34. The van der Waals surface area contributed by atoms with Crippen molar-refractivity contribution in [3.05, 3.63) is 23.8 Å². The van der Waals surface area contributed by atoms with E-state index in [-0.39, 0.29) is 12.5 Å².